The minimum absolute atomic E-state index is 0. The zero-order chi connectivity index (χ0) is 19.1. The van der Waals surface area contributed by atoms with Crippen LogP contribution in [0.5, 0.6) is 0 Å². The predicted octanol–water partition coefficient (Wildman–Crippen LogP) is 4.45. The number of rotatable bonds is 6. The molecule has 0 spiro atoms. The molecule has 0 saturated heterocycles. The smallest absolute Gasteiger partial charge is 0.253 e. The van der Waals surface area contributed by atoms with Crippen LogP contribution in [0.3, 0.4) is 0 Å². The number of amides is 1. The monoisotopic (exact) mass is 480 g/mol. The first-order chi connectivity index (χ1) is 12.4. The summed E-state index contributed by atoms with van der Waals surface area (Å²) in [7, 11) is 3.48. The van der Waals surface area contributed by atoms with E-state index >= 15 is 0 Å². The number of hydrogen-bond acceptors (Lipinski definition) is 2. The summed E-state index contributed by atoms with van der Waals surface area (Å²) in [5.41, 5.74) is 9.87. The molecule has 0 aromatic heterocycles. The molecule has 146 valence electrons. The molecule has 1 atom stereocenters. The maximum atomic E-state index is 11.9. The summed E-state index contributed by atoms with van der Waals surface area (Å²) in [5.74, 6) is 0.911. The fourth-order valence-electron chi connectivity index (χ4n) is 2.51. The number of aliphatic imine (C=N–C) groups is 1. The highest BCUT2D eigenvalue weighted by Gasteiger charge is 2.07. The highest BCUT2D eigenvalue weighted by molar-refractivity contribution is 14.0. The summed E-state index contributed by atoms with van der Waals surface area (Å²) >= 11 is 0. The van der Waals surface area contributed by atoms with Gasteiger partial charge in [0.2, 0.25) is 0 Å². The second kappa shape index (κ2) is 10.9. The highest BCUT2D eigenvalue weighted by atomic mass is 127. The lowest BCUT2D eigenvalue weighted by Crippen LogP contribution is -2.22. The van der Waals surface area contributed by atoms with Gasteiger partial charge in [-0.05, 0) is 47.7 Å². The van der Waals surface area contributed by atoms with Crippen LogP contribution in [0.25, 0.3) is 0 Å². The van der Waals surface area contributed by atoms with Gasteiger partial charge >= 0.3 is 0 Å². The molecule has 1 amide bonds. The molecule has 0 aliphatic rings. The van der Waals surface area contributed by atoms with Crippen LogP contribution in [-0.2, 0) is 6.54 Å². The molecule has 27 heavy (non-hydrogen) atoms. The van der Waals surface area contributed by atoms with Crippen LogP contribution in [-0.4, -0.2) is 30.9 Å². The van der Waals surface area contributed by atoms with E-state index in [1.165, 1.54) is 5.56 Å². The number of anilines is 1. The van der Waals surface area contributed by atoms with Crippen molar-refractivity contribution >= 4 is 41.5 Å². The molecule has 6 heteroatoms. The number of hydrogen-bond donors (Lipinski definition) is 2. The van der Waals surface area contributed by atoms with Gasteiger partial charge < -0.3 is 16.0 Å². The minimum atomic E-state index is -0.0120. The molecule has 2 rings (SSSR count). The molecule has 0 heterocycles. The van der Waals surface area contributed by atoms with Crippen LogP contribution >= 0.6 is 24.0 Å². The second-order valence-electron chi connectivity index (χ2n) is 6.65. The zero-order valence-electron chi connectivity index (χ0n) is 16.4. The van der Waals surface area contributed by atoms with Gasteiger partial charge in [0.25, 0.3) is 5.91 Å². The van der Waals surface area contributed by atoms with Crippen molar-refractivity contribution in [3.63, 3.8) is 0 Å². The van der Waals surface area contributed by atoms with Crippen molar-refractivity contribution in [2.24, 2.45) is 10.7 Å². The van der Waals surface area contributed by atoms with Crippen molar-refractivity contribution in [2.45, 2.75) is 32.7 Å². The number of halogens is 1. The molecule has 5 nitrogen and oxygen atoms in total. The predicted molar refractivity (Wildman–Crippen MR) is 124 cm³/mol. The van der Waals surface area contributed by atoms with E-state index in [1.807, 2.05) is 36.4 Å². The molecule has 3 N–H and O–H groups in total. The van der Waals surface area contributed by atoms with Crippen LogP contribution < -0.4 is 11.1 Å². The standard InChI is InChI=1S/C21H28N4O.HI/c1-5-15(2)17-10-12-19(13-11-17)24-21(22)23-14-16-6-8-18(9-7-16)20(26)25(3)4;/h6-13,15H,5,14H2,1-4H3,(H3,22,23,24);1H. The number of carbonyl (C=O) groups is 1. The second-order valence-corrected chi connectivity index (χ2v) is 6.65. The summed E-state index contributed by atoms with van der Waals surface area (Å²) < 4.78 is 0. The van der Waals surface area contributed by atoms with Gasteiger partial charge in [-0.15, -0.1) is 24.0 Å². The van der Waals surface area contributed by atoms with Crippen LogP contribution in [0.2, 0.25) is 0 Å². The molecule has 0 radical (unpaired) electrons. The van der Waals surface area contributed by atoms with Gasteiger partial charge in [0.05, 0.1) is 6.54 Å². The topological polar surface area (TPSA) is 70.7 Å². The zero-order valence-corrected chi connectivity index (χ0v) is 18.7. The minimum Gasteiger partial charge on any atom is -0.370 e. The Morgan fingerprint density at radius 2 is 1.70 bits per heavy atom. The third-order valence-electron chi connectivity index (χ3n) is 4.40. The van der Waals surface area contributed by atoms with E-state index in [0.29, 0.717) is 24.0 Å². The lowest BCUT2D eigenvalue weighted by Gasteiger charge is -2.11. The average Bonchev–Trinajstić information content (AvgIpc) is 2.66. The molecule has 2 aromatic rings. The number of guanidine groups is 1. The first-order valence-electron chi connectivity index (χ1n) is 8.88. The lowest BCUT2D eigenvalue weighted by molar-refractivity contribution is 0.0827. The Labute approximate surface area is 179 Å². The Morgan fingerprint density at radius 1 is 1.11 bits per heavy atom. The molecule has 0 aliphatic carbocycles. The van der Waals surface area contributed by atoms with Gasteiger partial charge in [0.1, 0.15) is 0 Å². The van der Waals surface area contributed by atoms with Crippen molar-refractivity contribution < 1.29 is 4.79 Å². The van der Waals surface area contributed by atoms with Crippen LogP contribution in [0.4, 0.5) is 5.69 Å². The Morgan fingerprint density at radius 3 is 2.22 bits per heavy atom. The normalized spacial score (nSPS) is 12.1. The molecule has 0 fully saturated rings. The van der Waals surface area contributed by atoms with Crippen LogP contribution in [0.1, 0.15) is 47.7 Å². The van der Waals surface area contributed by atoms with Gasteiger partial charge in [-0.1, -0.05) is 38.1 Å². The molecule has 0 aliphatic heterocycles. The van der Waals surface area contributed by atoms with Crippen molar-refractivity contribution in [1.29, 1.82) is 0 Å². The van der Waals surface area contributed by atoms with Crippen molar-refractivity contribution in [1.82, 2.24) is 4.90 Å². The summed E-state index contributed by atoms with van der Waals surface area (Å²) in [5, 5.41) is 3.11. The number of benzene rings is 2. The maximum Gasteiger partial charge on any atom is 0.253 e. The molecular weight excluding hydrogens is 451 g/mol. The van der Waals surface area contributed by atoms with Gasteiger partial charge in [-0.25, -0.2) is 4.99 Å². The average molecular weight is 480 g/mol. The largest absolute Gasteiger partial charge is 0.370 e. The van der Waals surface area contributed by atoms with E-state index in [0.717, 1.165) is 17.7 Å². The first-order valence-corrected chi connectivity index (χ1v) is 8.88. The van der Waals surface area contributed by atoms with E-state index in [4.69, 9.17) is 5.73 Å². The fraction of sp³-hybridized carbons (Fsp3) is 0.333. The van der Waals surface area contributed by atoms with E-state index in [9.17, 15) is 4.79 Å². The van der Waals surface area contributed by atoms with Gasteiger partial charge in [0, 0.05) is 25.3 Å². The summed E-state index contributed by atoms with van der Waals surface area (Å²) in [4.78, 5) is 17.8. The maximum absolute atomic E-state index is 11.9. The van der Waals surface area contributed by atoms with Crippen LogP contribution in [0, 0.1) is 0 Å². The van der Waals surface area contributed by atoms with Crippen molar-refractivity contribution in [2.75, 3.05) is 19.4 Å². The Hall–Kier alpha value is -2.09. The highest BCUT2D eigenvalue weighted by Crippen LogP contribution is 2.20. The number of nitrogens with zero attached hydrogens (tertiary/aromatic N) is 2. The first kappa shape index (κ1) is 23.0. The van der Waals surface area contributed by atoms with Gasteiger partial charge in [-0.3, -0.25) is 4.79 Å². The SMILES string of the molecule is CCC(C)c1ccc(NC(N)=NCc2ccc(C(=O)N(C)C)cc2)cc1.I. The summed E-state index contributed by atoms with van der Waals surface area (Å²) in [6, 6.07) is 15.7. The van der Waals surface area contributed by atoms with Crippen LogP contribution in [0.15, 0.2) is 53.5 Å². The van der Waals surface area contributed by atoms with Crippen molar-refractivity contribution in [3.8, 4) is 0 Å². The molecule has 2 aromatic carbocycles. The lowest BCUT2D eigenvalue weighted by atomic mass is 9.99. The third-order valence-corrected chi connectivity index (χ3v) is 4.40. The number of nitrogens with one attached hydrogen (secondary N) is 1. The van der Waals surface area contributed by atoms with Gasteiger partial charge in [0.15, 0.2) is 5.96 Å². The molecule has 1 unspecified atom stereocenters. The Bertz CT molecular complexity index is 755. The third kappa shape index (κ3) is 6.86. The van der Waals surface area contributed by atoms with Gasteiger partial charge in [-0.2, -0.15) is 0 Å². The number of nitrogens with two attached hydrogens (primary N) is 1. The van der Waals surface area contributed by atoms with E-state index in [1.54, 1.807) is 19.0 Å². The van der Waals surface area contributed by atoms with E-state index in [2.05, 4.69) is 36.3 Å². The molecule has 0 saturated carbocycles. The number of carbonyl (C=O) groups excluding carboxylic acids is 1. The molecular formula is C21H29IN4O. The Kier molecular flexibility index (Phi) is 9.28. The molecule has 0 bridgehead atoms. The van der Waals surface area contributed by atoms with Crippen molar-refractivity contribution in [3.05, 3.63) is 65.2 Å². The van der Waals surface area contributed by atoms with E-state index in [-0.39, 0.29) is 29.9 Å². The fourth-order valence-corrected chi connectivity index (χ4v) is 2.51. The quantitative estimate of drug-likeness (QED) is 0.365. The summed E-state index contributed by atoms with van der Waals surface area (Å²) in [6.45, 7) is 4.86. The summed E-state index contributed by atoms with van der Waals surface area (Å²) in [6.07, 6.45) is 1.12. The van der Waals surface area contributed by atoms with E-state index < -0.39 is 0 Å². The Balaban J connectivity index is 0.00000364.